The van der Waals surface area contributed by atoms with Crippen molar-refractivity contribution in [2.24, 2.45) is 5.73 Å². The van der Waals surface area contributed by atoms with E-state index in [0.717, 1.165) is 5.56 Å². The topological polar surface area (TPSA) is 55.1 Å². The third-order valence-corrected chi connectivity index (χ3v) is 2.98. The summed E-state index contributed by atoms with van der Waals surface area (Å²) in [5, 5.41) is 3.62. The number of anilines is 1. The summed E-state index contributed by atoms with van der Waals surface area (Å²) in [5.41, 5.74) is 7.60. The maximum Gasteiger partial charge on any atom is 0.255 e. The van der Waals surface area contributed by atoms with Crippen LogP contribution in [0.1, 0.15) is 15.9 Å². The van der Waals surface area contributed by atoms with Gasteiger partial charge in [-0.05, 0) is 35.9 Å². The zero-order chi connectivity index (χ0) is 13.8. The van der Waals surface area contributed by atoms with E-state index in [2.05, 4.69) is 5.32 Å². The lowest BCUT2D eigenvalue weighted by Crippen LogP contribution is -2.12. The number of hydrogen-bond donors (Lipinski definition) is 2. The van der Waals surface area contributed by atoms with Gasteiger partial charge in [-0.3, -0.25) is 4.79 Å². The maximum absolute atomic E-state index is 12.1. The van der Waals surface area contributed by atoms with E-state index in [9.17, 15) is 4.79 Å². The van der Waals surface area contributed by atoms with E-state index in [1.165, 1.54) is 0 Å². The molecule has 0 saturated heterocycles. The summed E-state index contributed by atoms with van der Waals surface area (Å²) in [5.74, 6) is -0.265. The molecule has 3 nitrogen and oxygen atoms in total. The predicted octanol–water partition coefficient (Wildman–Crippen LogP) is 3.70. The number of carbonyl (C=O) groups excluding carboxylic acids is 1. The van der Waals surface area contributed by atoms with E-state index in [4.69, 9.17) is 28.9 Å². The van der Waals surface area contributed by atoms with Crippen LogP contribution in [-0.2, 0) is 6.54 Å². The Labute approximate surface area is 121 Å². The number of halogens is 2. The van der Waals surface area contributed by atoms with Gasteiger partial charge in [0, 0.05) is 27.8 Å². The standard InChI is InChI=1S/C14H12Cl2N2O/c15-11-5-10(6-12(16)7-11)14(19)18-13-3-1-2-9(4-13)8-17/h1-7H,8,17H2,(H,18,19). The van der Waals surface area contributed by atoms with Crippen molar-refractivity contribution >= 4 is 34.8 Å². The largest absolute Gasteiger partial charge is 0.326 e. The fourth-order valence-electron chi connectivity index (χ4n) is 1.66. The van der Waals surface area contributed by atoms with Gasteiger partial charge in [0.05, 0.1) is 0 Å². The highest BCUT2D eigenvalue weighted by atomic mass is 35.5. The Hall–Kier alpha value is -1.55. The first-order valence-electron chi connectivity index (χ1n) is 5.65. The molecule has 2 aromatic rings. The normalized spacial score (nSPS) is 10.3. The van der Waals surface area contributed by atoms with E-state index in [1.54, 1.807) is 24.3 Å². The number of nitrogens with two attached hydrogens (primary N) is 1. The Bertz CT molecular complexity index is 594. The molecule has 0 aliphatic carbocycles. The van der Waals surface area contributed by atoms with Crippen molar-refractivity contribution in [1.82, 2.24) is 0 Å². The van der Waals surface area contributed by atoms with Gasteiger partial charge in [0.1, 0.15) is 0 Å². The SMILES string of the molecule is NCc1cccc(NC(=O)c2cc(Cl)cc(Cl)c2)c1. The molecule has 19 heavy (non-hydrogen) atoms. The minimum Gasteiger partial charge on any atom is -0.326 e. The van der Waals surface area contributed by atoms with Crippen LogP contribution in [0.25, 0.3) is 0 Å². The minimum absolute atomic E-state index is 0.265. The summed E-state index contributed by atoms with van der Waals surface area (Å²) >= 11 is 11.7. The van der Waals surface area contributed by atoms with Gasteiger partial charge in [0.15, 0.2) is 0 Å². The molecule has 0 radical (unpaired) electrons. The third-order valence-electron chi connectivity index (χ3n) is 2.55. The van der Waals surface area contributed by atoms with Gasteiger partial charge in [-0.2, -0.15) is 0 Å². The molecule has 3 N–H and O–H groups in total. The van der Waals surface area contributed by atoms with Crippen LogP contribution in [0.2, 0.25) is 10.0 Å². The summed E-state index contributed by atoms with van der Waals surface area (Å²) in [6, 6.07) is 12.1. The molecular formula is C14H12Cl2N2O. The van der Waals surface area contributed by atoms with Crippen LogP contribution < -0.4 is 11.1 Å². The lowest BCUT2D eigenvalue weighted by Gasteiger charge is -2.07. The second-order valence-electron chi connectivity index (χ2n) is 4.02. The van der Waals surface area contributed by atoms with Crippen LogP contribution in [0.5, 0.6) is 0 Å². The van der Waals surface area contributed by atoms with E-state index in [1.807, 2.05) is 18.2 Å². The number of amides is 1. The van der Waals surface area contributed by atoms with Crippen molar-refractivity contribution in [2.45, 2.75) is 6.54 Å². The summed E-state index contributed by atoms with van der Waals surface area (Å²) in [6.07, 6.45) is 0. The van der Waals surface area contributed by atoms with Crippen molar-refractivity contribution in [3.05, 3.63) is 63.6 Å². The minimum atomic E-state index is -0.265. The van der Waals surface area contributed by atoms with Gasteiger partial charge in [-0.25, -0.2) is 0 Å². The molecule has 0 aliphatic heterocycles. The van der Waals surface area contributed by atoms with Gasteiger partial charge < -0.3 is 11.1 Å². The highest BCUT2D eigenvalue weighted by molar-refractivity contribution is 6.35. The molecule has 0 unspecified atom stereocenters. The number of nitrogens with one attached hydrogen (secondary N) is 1. The van der Waals surface area contributed by atoms with Crippen LogP contribution in [0.3, 0.4) is 0 Å². The number of hydrogen-bond acceptors (Lipinski definition) is 2. The van der Waals surface area contributed by atoms with Gasteiger partial charge in [0.25, 0.3) is 5.91 Å². The Kier molecular flexibility index (Phi) is 4.43. The third kappa shape index (κ3) is 3.70. The maximum atomic E-state index is 12.1. The number of rotatable bonds is 3. The Morgan fingerprint density at radius 2 is 1.79 bits per heavy atom. The molecule has 2 aromatic carbocycles. The predicted molar refractivity (Wildman–Crippen MR) is 78.7 cm³/mol. The Balaban J connectivity index is 2.20. The fraction of sp³-hybridized carbons (Fsp3) is 0.0714. The van der Waals surface area contributed by atoms with E-state index >= 15 is 0 Å². The fourth-order valence-corrected chi connectivity index (χ4v) is 2.19. The molecule has 0 spiro atoms. The quantitative estimate of drug-likeness (QED) is 0.907. The molecule has 0 atom stereocenters. The smallest absolute Gasteiger partial charge is 0.255 e. The molecule has 0 aromatic heterocycles. The van der Waals surface area contributed by atoms with Crippen LogP contribution in [-0.4, -0.2) is 5.91 Å². The van der Waals surface area contributed by atoms with E-state index in [0.29, 0.717) is 27.8 Å². The number of benzene rings is 2. The first-order valence-corrected chi connectivity index (χ1v) is 6.40. The van der Waals surface area contributed by atoms with Gasteiger partial charge in [-0.15, -0.1) is 0 Å². The monoisotopic (exact) mass is 294 g/mol. The lowest BCUT2D eigenvalue weighted by atomic mass is 10.1. The lowest BCUT2D eigenvalue weighted by molar-refractivity contribution is 0.102. The van der Waals surface area contributed by atoms with Gasteiger partial charge >= 0.3 is 0 Å². The van der Waals surface area contributed by atoms with Crippen molar-refractivity contribution < 1.29 is 4.79 Å². The van der Waals surface area contributed by atoms with Crippen LogP contribution in [0.4, 0.5) is 5.69 Å². The molecule has 0 fully saturated rings. The molecule has 0 bridgehead atoms. The van der Waals surface area contributed by atoms with Crippen molar-refractivity contribution in [2.75, 3.05) is 5.32 Å². The van der Waals surface area contributed by atoms with Crippen molar-refractivity contribution in [3.8, 4) is 0 Å². The number of carbonyl (C=O) groups is 1. The Morgan fingerprint density at radius 3 is 2.42 bits per heavy atom. The van der Waals surface area contributed by atoms with E-state index < -0.39 is 0 Å². The summed E-state index contributed by atoms with van der Waals surface area (Å²) < 4.78 is 0. The molecule has 5 heteroatoms. The van der Waals surface area contributed by atoms with E-state index in [-0.39, 0.29) is 5.91 Å². The molecule has 98 valence electrons. The second-order valence-corrected chi connectivity index (χ2v) is 4.89. The molecular weight excluding hydrogens is 283 g/mol. The van der Waals surface area contributed by atoms with Gasteiger partial charge in [0.2, 0.25) is 0 Å². The van der Waals surface area contributed by atoms with Crippen LogP contribution in [0.15, 0.2) is 42.5 Å². The highest BCUT2D eigenvalue weighted by Crippen LogP contribution is 2.20. The average molecular weight is 295 g/mol. The van der Waals surface area contributed by atoms with Crippen molar-refractivity contribution in [1.29, 1.82) is 0 Å². The molecule has 2 rings (SSSR count). The molecule has 0 aliphatic rings. The average Bonchev–Trinajstić information content (AvgIpc) is 2.37. The first kappa shape index (κ1) is 13.9. The molecule has 0 saturated carbocycles. The molecule has 1 amide bonds. The van der Waals surface area contributed by atoms with Crippen molar-refractivity contribution in [3.63, 3.8) is 0 Å². The second kappa shape index (κ2) is 6.06. The van der Waals surface area contributed by atoms with Gasteiger partial charge in [-0.1, -0.05) is 35.3 Å². The zero-order valence-corrected chi connectivity index (χ0v) is 11.5. The summed E-state index contributed by atoms with van der Waals surface area (Å²) in [6.45, 7) is 0.423. The Morgan fingerprint density at radius 1 is 1.11 bits per heavy atom. The molecule has 0 heterocycles. The zero-order valence-electron chi connectivity index (χ0n) is 9.99. The van der Waals surface area contributed by atoms with Crippen LogP contribution in [0, 0.1) is 0 Å². The van der Waals surface area contributed by atoms with Crippen LogP contribution >= 0.6 is 23.2 Å². The first-order chi connectivity index (χ1) is 9.08. The highest BCUT2D eigenvalue weighted by Gasteiger charge is 2.08. The summed E-state index contributed by atoms with van der Waals surface area (Å²) in [4.78, 5) is 12.1. The summed E-state index contributed by atoms with van der Waals surface area (Å²) in [7, 11) is 0.